The molecule has 0 bridgehead atoms. The molecule has 0 aliphatic carbocycles. The van der Waals surface area contributed by atoms with Crippen LogP contribution in [0.4, 0.5) is 5.82 Å². The van der Waals surface area contributed by atoms with E-state index in [4.69, 9.17) is 0 Å². The molecule has 0 radical (unpaired) electrons. The van der Waals surface area contributed by atoms with Gasteiger partial charge in [-0.1, -0.05) is 30.3 Å². The Morgan fingerprint density at radius 1 is 1.14 bits per heavy atom. The van der Waals surface area contributed by atoms with E-state index < -0.39 is 0 Å². The number of aromatic nitrogens is 3. The predicted molar refractivity (Wildman–Crippen MR) is 108 cm³/mol. The Bertz CT molecular complexity index is 864. The molecule has 28 heavy (non-hydrogen) atoms. The Balaban J connectivity index is 1.88. The summed E-state index contributed by atoms with van der Waals surface area (Å²) in [4.78, 5) is 28.3. The van der Waals surface area contributed by atoms with E-state index in [9.17, 15) is 9.90 Å². The molecule has 0 saturated carbocycles. The minimum Gasteiger partial charge on any atom is -0.394 e. The topological polar surface area (TPSA) is 85.4 Å². The van der Waals surface area contributed by atoms with Gasteiger partial charge < -0.3 is 19.9 Å². The largest absolute Gasteiger partial charge is 0.394 e. The number of nitrogens with zero attached hydrogens (tertiary/aromatic N) is 4. The van der Waals surface area contributed by atoms with Crippen LogP contribution in [-0.4, -0.2) is 57.6 Å². The van der Waals surface area contributed by atoms with Crippen LogP contribution in [0.3, 0.4) is 0 Å². The molecule has 0 unspecified atom stereocenters. The number of amides is 1. The number of aliphatic hydroxyl groups excluding tert-OH is 1. The highest BCUT2D eigenvalue weighted by atomic mass is 16.3. The van der Waals surface area contributed by atoms with Gasteiger partial charge in [-0.3, -0.25) is 4.79 Å². The van der Waals surface area contributed by atoms with Crippen molar-refractivity contribution in [3.63, 3.8) is 0 Å². The Labute approximate surface area is 164 Å². The third-order valence-electron chi connectivity index (χ3n) is 4.57. The van der Waals surface area contributed by atoms with Gasteiger partial charge in [0.15, 0.2) is 0 Å². The number of hydrogen-bond acceptors (Lipinski definition) is 5. The molecule has 1 aromatic carbocycles. The number of anilines is 1. The molecule has 0 aliphatic heterocycles. The standard InChI is InChI=1S/C21H25N5O2/c1-25(2)20-9-8-17(11-23-20)21(28)26(13-16-6-4-3-5-7-16)19(14-27)10-18-12-22-15-24-18/h3-9,11-12,15,19,27H,10,13-14H2,1-2H3,(H,22,24)/t19-/m1/s1. The van der Waals surface area contributed by atoms with Crippen molar-refractivity contribution in [2.24, 2.45) is 0 Å². The summed E-state index contributed by atoms with van der Waals surface area (Å²) in [6.07, 6.45) is 5.37. The van der Waals surface area contributed by atoms with Gasteiger partial charge in [0, 0.05) is 45.1 Å². The third-order valence-corrected chi connectivity index (χ3v) is 4.57. The van der Waals surface area contributed by atoms with Gasteiger partial charge in [-0.15, -0.1) is 0 Å². The maximum absolute atomic E-state index is 13.3. The molecular formula is C21H25N5O2. The second kappa shape index (κ2) is 9.14. The summed E-state index contributed by atoms with van der Waals surface area (Å²) < 4.78 is 0. The molecule has 0 fully saturated rings. The van der Waals surface area contributed by atoms with Gasteiger partial charge in [-0.2, -0.15) is 0 Å². The van der Waals surface area contributed by atoms with Crippen LogP contribution in [0.15, 0.2) is 61.2 Å². The van der Waals surface area contributed by atoms with Crippen molar-refractivity contribution in [1.29, 1.82) is 0 Å². The Morgan fingerprint density at radius 2 is 1.93 bits per heavy atom. The fourth-order valence-corrected chi connectivity index (χ4v) is 3.01. The third kappa shape index (κ3) is 4.75. The molecular weight excluding hydrogens is 354 g/mol. The second-order valence-corrected chi connectivity index (χ2v) is 6.84. The van der Waals surface area contributed by atoms with Gasteiger partial charge in [0.25, 0.3) is 5.91 Å². The molecule has 0 saturated heterocycles. The highest BCUT2D eigenvalue weighted by Crippen LogP contribution is 2.17. The number of rotatable bonds is 8. The lowest BCUT2D eigenvalue weighted by atomic mass is 10.1. The Morgan fingerprint density at radius 3 is 2.50 bits per heavy atom. The van der Waals surface area contributed by atoms with Crippen molar-refractivity contribution in [2.75, 3.05) is 25.6 Å². The van der Waals surface area contributed by atoms with Gasteiger partial charge in [-0.25, -0.2) is 9.97 Å². The van der Waals surface area contributed by atoms with Crippen LogP contribution in [0.2, 0.25) is 0 Å². The summed E-state index contributed by atoms with van der Waals surface area (Å²) in [6.45, 7) is 0.245. The van der Waals surface area contributed by atoms with Crippen molar-refractivity contribution in [1.82, 2.24) is 19.9 Å². The van der Waals surface area contributed by atoms with Gasteiger partial charge in [-0.05, 0) is 17.7 Å². The van der Waals surface area contributed by atoms with Crippen molar-refractivity contribution < 1.29 is 9.90 Å². The lowest BCUT2D eigenvalue weighted by Crippen LogP contribution is -2.43. The normalized spacial score (nSPS) is 11.8. The zero-order valence-electron chi connectivity index (χ0n) is 16.1. The van der Waals surface area contributed by atoms with Crippen LogP contribution in [-0.2, 0) is 13.0 Å². The number of pyridine rings is 1. The Hall–Kier alpha value is -3.19. The number of aromatic amines is 1. The highest BCUT2D eigenvalue weighted by Gasteiger charge is 2.25. The number of carbonyl (C=O) groups excluding carboxylic acids is 1. The molecule has 3 rings (SSSR count). The smallest absolute Gasteiger partial charge is 0.256 e. The van der Waals surface area contributed by atoms with Gasteiger partial charge in [0.05, 0.1) is 24.5 Å². The SMILES string of the molecule is CN(C)c1ccc(C(=O)N(Cc2ccccc2)[C@@H](CO)Cc2cnc[nH]2)cn1. The van der Waals surface area contributed by atoms with E-state index in [0.717, 1.165) is 17.1 Å². The van der Waals surface area contributed by atoms with E-state index in [1.807, 2.05) is 55.4 Å². The second-order valence-electron chi connectivity index (χ2n) is 6.84. The van der Waals surface area contributed by atoms with Crippen LogP contribution in [0, 0.1) is 0 Å². The first-order valence-corrected chi connectivity index (χ1v) is 9.15. The lowest BCUT2D eigenvalue weighted by molar-refractivity contribution is 0.0569. The zero-order chi connectivity index (χ0) is 19.9. The molecule has 0 aliphatic rings. The van der Waals surface area contributed by atoms with Crippen LogP contribution >= 0.6 is 0 Å². The van der Waals surface area contributed by atoms with E-state index in [1.54, 1.807) is 29.7 Å². The Kier molecular flexibility index (Phi) is 6.39. The maximum atomic E-state index is 13.3. The summed E-state index contributed by atoms with van der Waals surface area (Å²) in [5.74, 6) is 0.613. The van der Waals surface area contributed by atoms with Crippen LogP contribution < -0.4 is 4.90 Å². The summed E-state index contributed by atoms with van der Waals surface area (Å²) in [5.41, 5.74) is 2.35. The van der Waals surface area contributed by atoms with Crippen molar-refractivity contribution in [2.45, 2.75) is 19.0 Å². The zero-order valence-corrected chi connectivity index (χ0v) is 16.1. The number of aliphatic hydroxyl groups is 1. The van der Waals surface area contributed by atoms with Crippen molar-refractivity contribution >= 4 is 11.7 Å². The van der Waals surface area contributed by atoms with E-state index >= 15 is 0 Å². The summed E-state index contributed by atoms with van der Waals surface area (Å²) in [7, 11) is 3.80. The number of hydrogen-bond donors (Lipinski definition) is 2. The molecule has 3 aromatic rings. The van der Waals surface area contributed by atoms with Crippen molar-refractivity contribution in [3.8, 4) is 0 Å². The summed E-state index contributed by atoms with van der Waals surface area (Å²) in [6, 6.07) is 13.0. The summed E-state index contributed by atoms with van der Waals surface area (Å²) >= 11 is 0. The lowest BCUT2D eigenvalue weighted by Gasteiger charge is -2.31. The van der Waals surface area contributed by atoms with E-state index in [0.29, 0.717) is 18.5 Å². The fourth-order valence-electron chi connectivity index (χ4n) is 3.01. The first-order chi connectivity index (χ1) is 13.6. The number of H-pyrrole nitrogens is 1. The molecule has 146 valence electrons. The average molecular weight is 379 g/mol. The number of nitrogens with one attached hydrogen (secondary N) is 1. The molecule has 7 nitrogen and oxygen atoms in total. The molecule has 0 spiro atoms. The van der Waals surface area contributed by atoms with Crippen LogP contribution in [0.5, 0.6) is 0 Å². The quantitative estimate of drug-likeness (QED) is 0.626. The summed E-state index contributed by atoms with van der Waals surface area (Å²) in [5, 5.41) is 10.0. The first-order valence-electron chi connectivity index (χ1n) is 9.15. The van der Waals surface area contributed by atoms with Gasteiger partial charge in [0.2, 0.25) is 0 Å². The molecule has 2 aromatic heterocycles. The van der Waals surface area contributed by atoms with Gasteiger partial charge >= 0.3 is 0 Å². The van der Waals surface area contributed by atoms with Crippen LogP contribution in [0.1, 0.15) is 21.6 Å². The predicted octanol–water partition coefficient (Wildman–Crippen LogP) is 2.12. The maximum Gasteiger partial charge on any atom is 0.256 e. The molecule has 1 amide bonds. The minimum absolute atomic E-state index is 0.152. The number of benzene rings is 1. The van der Waals surface area contributed by atoms with E-state index in [2.05, 4.69) is 15.0 Å². The number of imidazole rings is 1. The highest BCUT2D eigenvalue weighted by molar-refractivity contribution is 5.94. The molecule has 2 N–H and O–H groups in total. The monoisotopic (exact) mass is 379 g/mol. The van der Waals surface area contributed by atoms with E-state index in [-0.39, 0.29) is 18.6 Å². The molecule has 7 heteroatoms. The number of carbonyl (C=O) groups is 1. The van der Waals surface area contributed by atoms with Crippen molar-refractivity contribution in [3.05, 3.63) is 78.0 Å². The fraction of sp³-hybridized carbons (Fsp3) is 0.286. The minimum atomic E-state index is -0.387. The average Bonchev–Trinajstić information content (AvgIpc) is 3.24. The van der Waals surface area contributed by atoms with E-state index in [1.165, 1.54) is 0 Å². The first kappa shape index (κ1) is 19.6. The molecule has 1 atom stereocenters. The molecule has 2 heterocycles. The van der Waals surface area contributed by atoms with Crippen LogP contribution in [0.25, 0.3) is 0 Å². The van der Waals surface area contributed by atoms with Gasteiger partial charge in [0.1, 0.15) is 5.82 Å².